The number of nitrogens with zero attached hydrogens (tertiary/aromatic N) is 2. The van der Waals surface area contributed by atoms with Crippen molar-refractivity contribution >= 4 is 23.3 Å². The predicted molar refractivity (Wildman–Crippen MR) is 149 cm³/mol. The van der Waals surface area contributed by atoms with Crippen LogP contribution in [0.1, 0.15) is 46.9 Å². The Kier molecular flexibility index (Phi) is 7.52. The molecule has 0 fully saturated rings. The molecule has 2 heterocycles. The molecule has 0 unspecified atom stereocenters. The monoisotopic (exact) mass is 543 g/mol. The highest BCUT2D eigenvalue weighted by atomic mass is 35.5. The molecule has 1 N–H and O–H groups in total. The first-order valence-electron chi connectivity index (χ1n) is 12.4. The van der Waals surface area contributed by atoms with Crippen molar-refractivity contribution in [2.24, 2.45) is 0 Å². The van der Waals surface area contributed by atoms with Gasteiger partial charge in [0.15, 0.2) is 11.6 Å². The van der Waals surface area contributed by atoms with Crippen LogP contribution in [0.2, 0.25) is 5.02 Å². The Morgan fingerprint density at radius 1 is 0.974 bits per heavy atom. The van der Waals surface area contributed by atoms with Gasteiger partial charge in [-0.3, -0.25) is 9.48 Å². The number of furan rings is 1. The zero-order chi connectivity index (χ0) is 27.4. The van der Waals surface area contributed by atoms with Gasteiger partial charge in [0, 0.05) is 11.6 Å². The van der Waals surface area contributed by atoms with Crippen LogP contribution in [0.4, 0.5) is 10.2 Å². The highest BCUT2D eigenvalue weighted by Crippen LogP contribution is 2.32. The van der Waals surface area contributed by atoms with Gasteiger partial charge < -0.3 is 14.5 Å². The number of carbonyl (C=O) groups excluding carboxylic acids is 1. The Hall–Kier alpha value is -4.36. The van der Waals surface area contributed by atoms with Gasteiger partial charge in [-0.25, -0.2) is 4.39 Å². The van der Waals surface area contributed by atoms with E-state index in [1.54, 1.807) is 35.1 Å². The number of benzene rings is 3. The van der Waals surface area contributed by atoms with E-state index in [9.17, 15) is 9.18 Å². The second-order valence-electron chi connectivity index (χ2n) is 9.67. The van der Waals surface area contributed by atoms with E-state index in [2.05, 4.69) is 48.5 Å². The maximum atomic E-state index is 13.1. The first-order chi connectivity index (χ1) is 18.8. The fourth-order valence-electron chi connectivity index (χ4n) is 4.23. The predicted octanol–water partition coefficient (Wildman–Crippen LogP) is 7.47. The molecule has 2 aromatic heterocycles. The Morgan fingerprint density at radius 3 is 2.38 bits per heavy atom. The Labute approximate surface area is 231 Å². The van der Waals surface area contributed by atoms with Gasteiger partial charge in [0.2, 0.25) is 0 Å². The molecule has 0 spiro atoms. The smallest absolute Gasteiger partial charge is 0.292 e. The molecule has 6 nitrogen and oxygen atoms in total. The second-order valence-corrected chi connectivity index (χ2v) is 10.1. The summed E-state index contributed by atoms with van der Waals surface area (Å²) in [6.07, 6.45) is 1.59. The molecule has 198 valence electrons. The summed E-state index contributed by atoms with van der Waals surface area (Å²) in [6, 6.07) is 27.7. The summed E-state index contributed by atoms with van der Waals surface area (Å²) in [7, 11) is 0. The van der Waals surface area contributed by atoms with Crippen LogP contribution in [-0.2, 0) is 18.6 Å². The Balaban J connectivity index is 1.17. The lowest BCUT2D eigenvalue weighted by Crippen LogP contribution is -2.18. The number of aromatic nitrogens is 2. The van der Waals surface area contributed by atoms with Crippen LogP contribution in [0.5, 0.6) is 5.75 Å². The molecular weight excluding hydrogens is 517 g/mol. The van der Waals surface area contributed by atoms with Gasteiger partial charge in [-0.15, -0.1) is 0 Å². The molecule has 0 radical (unpaired) electrons. The maximum Gasteiger partial charge on any atom is 0.292 e. The highest BCUT2D eigenvalue weighted by Gasteiger charge is 2.22. The molecule has 8 heteroatoms. The number of anilines is 1. The van der Waals surface area contributed by atoms with Crippen molar-refractivity contribution in [1.82, 2.24) is 9.78 Å². The Morgan fingerprint density at radius 2 is 1.67 bits per heavy atom. The maximum absolute atomic E-state index is 13.1. The molecule has 0 atom stereocenters. The normalized spacial score (nSPS) is 11.4. The minimum Gasteiger partial charge on any atom is -0.486 e. The van der Waals surface area contributed by atoms with E-state index in [1.165, 1.54) is 23.3 Å². The molecule has 3 aromatic carbocycles. The summed E-state index contributed by atoms with van der Waals surface area (Å²) in [5.41, 5.74) is 3.12. The first kappa shape index (κ1) is 26.3. The highest BCUT2D eigenvalue weighted by molar-refractivity contribution is 6.33. The van der Waals surface area contributed by atoms with Crippen molar-refractivity contribution in [3.05, 3.63) is 136 Å². The summed E-state index contributed by atoms with van der Waals surface area (Å²) >= 11 is 6.26. The third kappa shape index (κ3) is 6.21. The zero-order valence-electron chi connectivity index (χ0n) is 21.5. The molecule has 0 bridgehead atoms. The van der Waals surface area contributed by atoms with Crippen molar-refractivity contribution < 1.29 is 18.3 Å². The molecule has 5 aromatic rings. The number of ether oxygens (including phenoxy) is 1. The standard InChI is InChI=1S/C31H27ClFN3O3/c1-31(2,22-6-4-3-5-7-22)23-10-14-25(15-11-23)38-20-26-16-17-28(39-26)30(37)34-29-27(32)19-36(35-29)18-21-8-12-24(33)13-9-21/h3-17,19H,18,20H2,1-2H3,(H,34,35,37). The second kappa shape index (κ2) is 11.2. The van der Waals surface area contributed by atoms with Crippen molar-refractivity contribution in [2.75, 3.05) is 5.32 Å². The molecule has 0 saturated heterocycles. The number of nitrogens with one attached hydrogen (secondary N) is 1. The van der Waals surface area contributed by atoms with Crippen molar-refractivity contribution in [1.29, 1.82) is 0 Å². The average Bonchev–Trinajstić information content (AvgIpc) is 3.56. The fourth-order valence-corrected chi connectivity index (χ4v) is 4.43. The minimum atomic E-state index is -0.484. The largest absolute Gasteiger partial charge is 0.486 e. The lowest BCUT2D eigenvalue weighted by Gasteiger charge is -2.26. The summed E-state index contributed by atoms with van der Waals surface area (Å²) in [5, 5.41) is 7.25. The van der Waals surface area contributed by atoms with Gasteiger partial charge in [0.05, 0.1) is 6.54 Å². The van der Waals surface area contributed by atoms with Crippen molar-refractivity contribution in [3.8, 4) is 5.75 Å². The molecule has 1 amide bonds. The number of hydrogen-bond donors (Lipinski definition) is 1. The average molecular weight is 544 g/mol. The summed E-state index contributed by atoms with van der Waals surface area (Å²) in [5.74, 6) is 0.719. The lowest BCUT2D eigenvalue weighted by atomic mass is 9.78. The number of amides is 1. The summed E-state index contributed by atoms with van der Waals surface area (Å²) in [6.45, 7) is 4.93. The molecule has 5 rings (SSSR count). The van der Waals surface area contributed by atoms with Crippen molar-refractivity contribution in [3.63, 3.8) is 0 Å². The van der Waals surface area contributed by atoms with Gasteiger partial charge in [0.25, 0.3) is 5.91 Å². The van der Waals surface area contributed by atoms with Gasteiger partial charge in [0.1, 0.15) is 29.0 Å². The van der Waals surface area contributed by atoms with E-state index < -0.39 is 5.91 Å². The van der Waals surface area contributed by atoms with Crippen LogP contribution < -0.4 is 10.1 Å². The van der Waals surface area contributed by atoms with Crippen LogP contribution in [0.15, 0.2) is 102 Å². The van der Waals surface area contributed by atoms with E-state index in [0.717, 1.165) is 5.56 Å². The van der Waals surface area contributed by atoms with E-state index in [1.807, 2.05) is 30.3 Å². The van der Waals surface area contributed by atoms with Crippen LogP contribution in [0.3, 0.4) is 0 Å². The van der Waals surface area contributed by atoms with Gasteiger partial charge in [-0.1, -0.05) is 80.0 Å². The number of halogens is 2. The van der Waals surface area contributed by atoms with Gasteiger partial charge in [-0.2, -0.15) is 5.10 Å². The SMILES string of the molecule is CC(C)(c1ccccc1)c1ccc(OCc2ccc(C(=O)Nc3nn(Cc4ccc(F)cc4)cc3Cl)o2)cc1. The fraction of sp³-hybridized carbons (Fsp3) is 0.161. The van der Waals surface area contributed by atoms with Crippen molar-refractivity contribution in [2.45, 2.75) is 32.4 Å². The topological polar surface area (TPSA) is 69.3 Å². The molecule has 0 aliphatic rings. The molecule has 0 saturated carbocycles. The number of carbonyl (C=O) groups is 1. The zero-order valence-corrected chi connectivity index (χ0v) is 22.3. The third-order valence-electron chi connectivity index (χ3n) is 6.54. The van der Waals surface area contributed by atoms with Crippen LogP contribution in [0.25, 0.3) is 0 Å². The van der Waals surface area contributed by atoms with Crippen LogP contribution in [-0.4, -0.2) is 15.7 Å². The minimum absolute atomic E-state index is 0.109. The molecule has 39 heavy (non-hydrogen) atoms. The van der Waals surface area contributed by atoms with Crippen LogP contribution >= 0.6 is 11.6 Å². The van der Waals surface area contributed by atoms with E-state index in [0.29, 0.717) is 18.1 Å². The quantitative estimate of drug-likeness (QED) is 0.209. The molecule has 0 aliphatic carbocycles. The van der Waals surface area contributed by atoms with Crippen LogP contribution in [0, 0.1) is 5.82 Å². The molecular formula is C31H27ClFN3O3. The number of rotatable bonds is 9. The number of hydrogen-bond acceptors (Lipinski definition) is 4. The molecule has 0 aliphatic heterocycles. The summed E-state index contributed by atoms with van der Waals surface area (Å²) < 4.78 is 26.3. The van der Waals surface area contributed by atoms with E-state index >= 15 is 0 Å². The lowest BCUT2D eigenvalue weighted by molar-refractivity contribution is 0.0992. The van der Waals surface area contributed by atoms with Gasteiger partial charge >= 0.3 is 0 Å². The summed E-state index contributed by atoms with van der Waals surface area (Å²) in [4.78, 5) is 12.7. The van der Waals surface area contributed by atoms with Gasteiger partial charge in [-0.05, 0) is 53.1 Å². The first-order valence-corrected chi connectivity index (χ1v) is 12.8. The Bertz CT molecular complexity index is 1560. The van der Waals surface area contributed by atoms with E-state index in [4.69, 9.17) is 20.8 Å². The van der Waals surface area contributed by atoms with E-state index in [-0.39, 0.29) is 34.4 Å². The third-order valence-corrected chi connectivity index (χ3v) is 6.82.